The molecule has 2 amide bonds. The molecule has 11 heteroatoms. The fourth-order valence-electron chi connectivity index (χ4n) is 2.84. The maximum absolute atomic E-state index is 13.0. The number of carbonyl (C=O) groups excluding carboxylic acids is 2. The van der Waals surface area contributed by atoms with E-state index in [2.05, 4.69) is 20.8 Å². The van der Waals surface area contributed by atoms with E-state index in [1.54, 1.807) is 44.0 Å². The van der Waals surface area contributed by atoms with Crippen LogP contribution in [-0.2, 0) is 23.2 Å². The summed E-state index contributed by atoms with van der Waals surface area (Å²) >= 11 is 1.20. The third-order valence-corrected chi connectivity index (χ3v) is 5.66. The van der Waals surface area contributed by atoms with Crippen molar-refractivity contribution < 1.29 is 23.5 Å². The number of hydrogen-bond acceptors (Lipinski definition) is 7. The highest BCUT2D eigenvalue weighted by Gasteiger charge is 2.12. The van der Waals surface area contributed by atoms with Crippen molar-refractivity contribution in [3.8, 4) is 11.5 Å². The Morgan fingerprint density at radius 2 is 1.82 bits per heavy atom. The van der Waals surface area contributed by atoms with Crippen molar-refractivity contribution in [1.29, 1.82) is 0 Å². The van der Waals surface area contributed by atoms with Crippen LogP contribution in [0.15, 0.2) is 53.7 Å². The predicted octanol–water partition coefficient (Wildman–Crippen LogP) is 3.03. The predicted molar refractivity (Wildman–Crippen MR) is 127 cm³/mol. The molecule has 9 nitrogen and oxygen atoms in total. The molecule has 3 rings (SSSR count). The van der Waals surface area contributed by atoms with Gasteiger partial charge in [0.25, 0.3) is 0 Å². The first-order valence-corrected chi connectivity index (χ1v) is 11.1. The van der Waals surface area contributed by atoms with Crippen LogP contribution in [0.3, 0.4) is 0 Å². The Morgan fingerprint density at radius 1 is 1.09 bits per heavy atom. The van der Waals surface area contributed by atoms with E-state index in [1.165, 1.54) is 42.1 Å². The minimum Gasteiger partial charge on any atom is -0.493 e. The SMILES string of the molecule is COc1ccc(C=CC(=O)NCc2nnc(SCC(=O)Nc3ccc(F)cc3)n2C)cc1OC. The molecule has 0 saturated heterocycles. The summed E-state index contributed by atoms with van der Waals surface area (Å²) in [6.07, 6.45) is 3.07. The summed E-state index contributed by atoms with van der Waals surface area (Å²) in [4.78, 5) is 24.3. The molecule has 2 aromatic carbocycles. The van der Waals surface area contributed by atoms with Crippen LogP contribution in [0.2, 0.25) is 0 Å². The minimum absolute atomic E-state index is 0.101. The van der Waals surface area contributed by atoms with Crippen molar-refractivity contribution in [3.05, 3.63) is 65.7 Å². The molecule has 0 aliphatic carbocycles. The van der Waals surface area contributed by atoms with E-state index in [1.807, 2.05) is 6.07 Å². The van der Waals surface area contributed by atoms with Gasteiger partial charge in [-0.25, -0.2) is 4.39 Å². The van der Waals surface area contributed by atoms with Gasteiger partial charge in [-0.15, -0.1) is 10.2 Å². The molecular weight excluding hydrogens is 461 g/mol. The Balaban J connectivity index is 1.49. The van der Waals surface area contributed by atoms with Crippen LogP contribution in [0.5, 0.6) is 11.5 Å². The summed E-state index contributed by atoms with van der Waals surface area (Å²) in [5.41, 5.74) is 1.29. The summed E-state index contributed by atoms with van der Waals surface area (Å²) in [7, 11) is 4.85. The van der Waals surface area contributed by atoms with Gasteiger partial charge in [0.1, 0.15) is 5.82 Å². The van der Waals surface area contributed by atoms with Crippen LogP contribution >= 0.6 is 11.8 Å². The van der Waals surface area contributed by atoms with Crippen LogP contribution in [0.1, 0.15) is 11.4 Å². The molecule has 178 valence electrons. The lowest BCUT2D eigenvalue weighted by Gasteiger charge is -2.07. The van der Waals surface area contributed by atoms with Gasteiger partial charge in [0.05, 0.1) is 26.5 Å². The summed E-state index contributed by atoms with van der Waals surface area (Å²) in [6, 6.07) is 10.9. The summed E-state index contributed by atoms with van der Waals surface area (Å²) in [5.74, 6) is 0.884. The number of nitrogens with one attached hydrogen (secondary N) is 2. The number of benzene rings is 2. The average molecular weight is 486 g/mol. The number of ether oxygens (including phenoxy) is 2. The van der Waals surface area contributed by atoms with Crippen molar-refractivity contribution in [2.45, 2.75) is 11.7 Å². The molecule has 1 heterocycles. The highest BCUT2D eigenvalue weighted by molar-refractivity contribution is 7.99. The molecule has 0 spiro atoms. The maximum Gasteiger partial charge on any atom is 0.244 e. The third kappa shape index (κ3) is 6.82. The molecule has 0 bridgehead atoms. The molecular formula is C23H24FN5O4S. The van der Waals surface area contributed by atoms with Crippen LogP contribution < -0.4 is 20.1 Å². The molecule has 0 unspecified atom stereocenters. The van der Waals surface area contributed by atoms with Crippen molar-refractivity contribution in [2.24, 2.45) is 7.05 Å². The van der Waals surface area contributed by atoms with E-state index in [0.717, 1.165) is 5.56 Å². The van der Waals surface area contributed by atoms with E-state index in [-0.39, 0.29) is 29.9 Å². The first-order valence-electron chi connectivity index (χ1n) is 10.1. The van der Waals surface area contributed by atoms with Gasteiger partial charge < -0.3 is 24.7 Å². The Bertz CT molecular complexity index is 1180. The van der Waals surface area contributed by atoms with Crippen LogP contribution in [0, 0.1) is 5.82 Å². The van der Waals surface area contributed by atoms with Crippen LogP contribution in [0.4, 0.5) is 10.1 Å². The average Bonchev–Trinajstić information content (AvgIpc) is 3.20. The number of anilines is 1. The zero-order valence-corrected chi connectivity index (χ0v) is 19.7. The highest BCUT2D eigenvalue weighted by Crippen LogP contribution is 2.28. The van der Waals surface area contributed by atoms with Crippen molar-refractivity contribution >= 4 is 35.3 Å². The van der Waals surface area contributed by atoms with Gasteiger partial charge in [0, 0.05) is 18.8 Å². The highest BCUT2D eigenvalue weighted by atomic mass is 32.2. The molecule has 2 N–H and O–H groups in total. The zero-order chi connectivity index (χ0) is 24.5. The number of thioether (sulfide) groups is 1. The van der Waals surface area contributed by atoms with Crippen molar-refractivity contribution in [2.75, 3.05) is 25.3 Å². The number of amides is 2. The normalized spacial score (nSPS) is 10.8. The fourth-order valence-corrected chi connectivity index (χ4v) is 3.57. The zero-order valence-electron chi connectivity index (χ0n) is 18.9. The molecule has 0 fully saturated rings. The Morgan fingerprint density at radius 3 is 2.53 bits per heavy atom. The van der Waals surface area contributed by atoms with E-state index in [9.17, 15) is 14.0 Å². The summed E-state index contributed by atoms with van der Waals surface area (Å²) in [6.45, 7) is 0.168. The number of nitrogens with zero attached hydrogens (tertiary/aromatic N) is 3. The fraction of sp³-hybridized carbons (Fsp3) is 0.217. The lowest BCUT2D eigenvalue weighted by molar-refractivity contribution is -0.116. The van der Waals surface area contributed by atoms with Crippen LogP contribution in [-0.4, -0.2) is 46.6 Å². The van der Waals surface area contributed by atoms with Gasteiger partial charge in [0.15, 0.2) is 22.5 Å². The standard InChI is InChI=1S/C23H24FN5O4S/c1-29-20(13-25-21(30)11-5-15-4-10-18(32-2)19(12-15)33-3)27-28-23(29)34-14-22(31)26-17-8-6-16(24)7-9-17/h4-12H,13-14H2,1-3H3,(H,25,30)(H,26,31). The summed E-state index contributed by atoms with van der Waals surface area (Å²) < 4.78 is 25.1. The van der Waals surface area contributed by atoms with Crippen LogP contribution in [0.25, 0.3) is 6.08 Å². The number of hydrogen-bond donors (Lipinski definition) is 2. The molecule has 0 aliphatic heterocycles. The number of halogens is 1. The second kappa shape index (κ2) is 11.8. The van der Waals surface area contributed by atoms with Gasteiger partial charge in [-0.3, -0.25) is 9.59 Å². The first kappa shape index (κ1) is 24.8. The Kier molecular flexibility index (Phi) is 8.63. The molecule has 3 aromatic rings. The molecule has 0 atom stereocenters. The third-order valence-electron chi connectivity index (χ3n) is 4.64. The number of rotatable bonds is 10. The molecule has 0 aliphatic rings. The largest absolute Gasteiger partial charge is 0.493 e. The van der Waals surface area contributed by atoms with Gasteiger partial charge in [-0.05, 0) is 48.0 Å². The number of carbonyl (C=O) groups is 2. The van der Waals surface area contributed by atoms with E-state index in [0.29, 0.717) is 28.2 Å². The van der Waals surface area contributed by atoms with Gasteiger partial charge in [-0.2, -0.15) is 0 Å². The van der Waals surface area contributed by atoms with Gasteiger partial charge in [-0.1, -0.05) is 17.8 Å². The maximum atomic E-state index is 13.0. The monoisotopic (exact) mass is 485 g/mol. The van der Waals surface area contributed by atoms with Gasteiger partial charge >= 0.3 is 0 Å². The molecule has 0 radical (unpaired) electrons. The number of methoxy groups -OCH3 is 2. The summed E-state index contributed by atoms with van der Waals surface area (Å²) in [5, 5.41) is 14.1. The molecule has 34 heavy (non-hydrogen) atoms. The van der Waals surface area contributed by atoms with E-state index in [4.69, 9.17) is 9.47 Å². The van der Waals surface area contributed by atoms with E-state index < -0.39 is 0 Å². The minimum atomic E-state index is -0.373. The number of aromatic nitrogens is 3. The quantitative estimate of drug-likeness (QED) is 0.336. The lowest BCUT2D eigenvalue weighted by Crippen LogP contribution is -2.22. The smallest absolute Gasteiger partial charge is 0.244 e. The topological polar surface area (TPSA) is 107 Å². The molecule has 0 saturated carbocycles. The molecule has 1 aromatic heterocycles. The Labute approximate surface area is 200 Å². The van der Waals surface area contributed by atoms with Crippen molar-refractivity contribution in [1.82, 2.24) is 20.1 Å². The second-order valence-corrected chi connectivity index (χ2v) is 7.91. The lowest BCUT2D eigenvalue weighted by atomic mass is 10.2. The van der Waals surface area contributed by atoms with Crippen molar-refractivity contribution in [3.63, 3.8) is 0 Å². The van der Waals surface area contributed by atoms with E-state index >= 15 is 0 Å². The Hall–Kier alpha value is -3.86. The first-order chi connectivity index (χ1) is 16.4. The second-order valence-electron chi connectivity index (χ2n) is 6.97. The van der Waals surface area contributed by atoms with Gasteiger partial charge in [0.2, 0.25) is 11.8 Å².